The third-order valence-corrected chi connectivity index (χ3v) is 3.45. The number of hydrogen-bond acceptors (Lipinski definition) is 2. The molecule has 1 heterocycles. The van der Waals surface area contributed by atoms with Gasteiger partial charge in [0.2, 0.25) is 0 Å². The van der Waals surface area contributed by atoms with Gasteiger partial charge in [-0.3, -0.25) is 0 Å². The van der Waals surface area contributed by atoms with Crippen LogP contribution in [-0.2, 0) is 6.54 Å². The van der Waals surface area contributed by atoms with Gasteiger partial charge in [-0.1, -0.05) is 42.5 Å². The van der Waals surface area contributed by atoms with E-state index in [9.17, 15) is 0 Å². The fourth-order valence-corrected chi connectivity index (χ4v) is 2.35. The second-order valence-corrected chi connectivity index (χ2v) is 4.76. The first-order valence-corrected chi connectivity index (χ1v) is 6.58. The third-order valence-electron chi connectivity index (χ3n) is 3.45. The SMILES string of the molecule is C[C@H](NCc1cccc2ccccc12)c1ccco1. The van der Waals surface area contributed by atoms with Crippen molar-refractivity contribution in [2.45, 2.75) is 19.5 Å². The van der Waals surface area contributed by atoms with E-state index in [1.807, 2.05) is 12.1 Å². The number of nitrogens with one attached hydrogen (secondary N) is 1. The highest BCUT2D eigenvalue weighted by Gasteiger charge is 2.08. The zero-order chi connectivity index (χ0) is 13.1. The molecule has 1 atom stereocenters. The van der Waals surface area contributed by atoms with Crippen LogP contribution in [0.1, 0.15) is 24.3 Å². The summed E-state index contributed by atoms with van der Waals surface area (Å²) in [5.74, 6) is 0.972. The van der Waals surface area contributed by atoms with Crippen LogP contribution in [0.2, 0.25) is 0 Å². The van der Waals surface area contributed by atoms with Gasteiger partial charge in [0.1, 0.15) is 5.76 Å². The van der Waals surface area contributed by atoms with E-state index in [1.54, 1.807) is 6.26 Å². The molecular formula is C17H17NO. The van der Waals surface area contributed by atoms with Gasteiger partial charge in [-0.2, -0.15) is 0 Å². The first-order chi connectivity index (χ1) is 9.34. The highest BCUT2D eigenvalue weighted by molar-refractivity contribution is 5.85. The zero-order valence-electron chi connectivity index (χ0n) is 11.0. The quantitative estimate of drug-likeness (QED) is 0.748. The molecule has 2 aromatic carbocycles. The van der Waals surface area contributed by atoms with E-state index in [-0.39, 0.29) is 6.04 Å². The summed E-state index contributed by atoms with van der Waals surface area (Å²) in [7, 11) is 0. The molecule has 0 spiro atoms. The van der Waals surface area contributed by atoms with E-state index in [4.69, 9.17) is 4.42 Å². The number of benzene rings is 2. The monoisotopic (exact) mass is 251 g/mol. The van der Waals surface area contributed by atoms with Crippen LogP contribution < -0.4 is 5.32 Å². The topological polar surface area (TPSA) is 25.2 Å². The molecular weight excluding hydrogens is 234 g/mol. The Kier molecular flexibility index (Phi) is 3.34. The second-order valence-electron chi connectivity index (χ2n) is 4.76. The van der Waals surface area contributed by atoms with Crippen LogP contribution in [0.15, 0.2) is 65.3 Å². The predicted molar refractivity (Wildman–Crippen MR) is 77.9 cm³/mol. The summed E-state index contributed by atoms with van der Waals surface area (Å²) in [4.78, 5) is 0. The van der Waals surface area contributed by atoms with Gasteiger partial charge in [0.05, 0.1) is 12.3 Å². The normalized spacial score (nSPS) is 12.7. The largest absolute Gasteiger partial charge is 0.468 e. The van der Waals surface area contributed by atoms with Crippen LogP contribution in [0.5, 0.6) is 0 Å². The third kappa shape index (κ3) is 2.54. The van der Waals surface area contributed by atoms with Crippen LogP contribution >= 0.6 is 0 Å². The number of fused-ring (bicyclic) bond motifs is 1. The van der Waals surface area contributed by atoms with Crippen molar-refractivity contribution >= 4 is 10.8 Å². The van der Waals surface area contributed by atoms with E-state index < -0.39 is 0 Å². The molecule has 0 amide bonds. The van der Waals surface area contributed by atoms with Crippen LogP contribution in [0.4, 0.5) is 0 Å². The first-order valence-electron chi connectivity index (χ1n) is 6.58. The minimum Gasteiger partial charge on any atom is -0.468 e. The molecule has 3 aromatic rings. The predicted octanol–water partition coefficient (Wildman–Crippen LogP) is 4.28. The fraction of sp³-hybridized carbons (Fsp3) is 0.176. The number of furan rings is 1. The number of hydrogen-bond donors (Lipinski definition) is 1. The molecule has 0 saturated carbocycles. The maximum absolute atomic E-state index is 5.41. The van der Waals surface area contributed by atoms with Gasteiger partial charge in [0.15, 0.2) is 0 Å². The standard InChI is InChI=1S/C17H17NO/c1-13(17-10-5-11-19-17)18-12-15-8-4-7-14-6-2-3-9-16(14)15/h2-11,13,18H,12H2,1H3/t13-/m0/s1. The molecule has 0 aliphatic heterocycles. The lowest BCUT2D eigenvalue weighted by Gasteiger charge is -2.13. The van der Waals surface area contributed by atoms with E-state index in [0.29, 0.717) is 0 Å². The van der Waals surface area contributed by atoms with Gasteiger partial charge in [-0.15, -0.1) is 0 Å². The van der Waals surface area contributed by atoms with Gasteiger partial charge in [0.25, 0.3) is 0 Å². The summed E-state index contributed by atoms with van der Waals surface area (Å²) in [6.07, 6.45) is 1.71. The van der Waals surface area contributed by atoms with Crippen molar-refractivity contribution in [3.05, 3.63) is 72.2 Å². The van der Waals surface area contributed by atoms with Crippen molar-refractivity contribution in [2.75, 3.05) is 0 Å². The Balaban J connectivity index is 1.79. The van der Waals surface area contributed by atoms with E-state index in [0.717, 1.165) is 12.3 Å². The summed E-state index contributed by atoms with van der Waals surface area (Å²) in [6, 6.07) is 19.0. The molecule has 0 unspecified atom stereocenters. The lowest BCUT2D eigenvalue weighted by Crippen LogP contribution is -2.17. The lowest BCUT2D eigenvalue weighted by molar-refractivity contribution is 0.430. The van der Waals surface area contributed by atoms with Crippen molar-refractivity contribution in [2.24, 2.45) is 0 Å². The Bertz CT molecular complexity index is 653. The van der Waals surface area contributed by atoms with E-state index in [2.05, 4.69) is 54.7 Å². The second kappa shape index (κ2) is 5.29. The highest BCUT2D eigenvalue weighted by Crippen LogP contribution is 2.20. The van der Waals surface area contributed by atoms with E-state index in [1.165, 1.54) is 16.3 Å². The summed E-state index contributed by atoms with van der Waals surface area (Å²) < 4.78 is 5.41. The molecule has 0 aliphatic carbocycles. The maximum atomic E-state index is 5.41. The molecule has 19 heavy (non-hydrogen) atoms. The first kappa shape index (κ1) is 12.0. The maximum Gasteiger partial charge on any atom is 0.120 e. The van der Waals surface area contributed by atoms with Crippen molar-refractivity contribution in [3.8, 4) is 0 Å². The molecule has 2 nitrogen and oxygen atoms in total. The molecule has 3 rings (SSSR count). The molecule has 0 bridgehead atoms. The molecule has 0 saturated heterocycles. The van der Waals surface area contributed by atoms with Crippen LogP contribution in [0.3, 0.4) is 0 Å². The average Bonchev–Trinajstić information content (AvgIpc) is 2.99. The lowest BCUT2D eigenvalue weighted by atomic mass is 10.0. The Labute approximate surface area is 113 Å². The van der Waals surface area contributed by atoms with E-state index >= 15 is 0 Å². The van der Waals surface area contributed by atoms with Crippen molar-refractivity contribution < 1.29 is 4.42 Å². The van der Waals surface area contributed by atoms with Crippen LogP contribution in [0, 0.1) is 0 Å². The molecule has 96 valence electrons. The molecule has 0 fully saturated rings. The molecule has 0 aliphatic rings. The number of rotatable bonds is 4. The minimum atomic E-state index is 0.217. The Hall–Kier alpha value is -2.06. The van der Waals surface area contributed by atoms with Crippen molar-refractivity contribution in [3.63, 3.8) is 0 Å². The van der Waals surface area contributed by atoms with Gasteiger partial charge < -0.3 is 9.73 Å². The van der Waals surface area contributed by atoms with Gasteiger partial charge >= 0.3 is 0 Å². The van der Waals surface area contributed by atoms with Crippen LogP contribution in [-0.4, -0.2) is 0 Å². The van der Waals surface area contributed by atoms with Gasteiger partial charge in [0, 0.05) is 6.54 Å². The highest BCUT2D eigenvalue weighted by atomic mass is 16.3. The smallest absolute Gasteiger partial charge is 0.120 e. The Morgan fingerprint density at radius 1 is 1.00 bits per heavy atom. The summed E-state index contributed by atoms with van der Waals surface area (Å²) in [5, 5.41) is 6.09. The zero-order valence-corrected chi connectivity index (χ0v) is 11.0. The molecule has 0 radical (unpaired) electrons. The van der Waals surface area contributed by atoms with Gasteiger partial charge in [-0.25, -0.2) is 0 Å². The summed E-state index contributed by atoms with van der Waals surface area (Å²) >= 11 is 0. The van der Waals surface area contributed by atoms with Gasteiger partial charge in [-0.05, 0) is 35.4 Å². The molecule has 1 N–H and O–H groups in total. The summed E-state index contributed by atoms with van der Waals surface area (Å²) in [6.45, 7) is 2.95. The molecule has 1 aromatic heterocycles. The van der Waals surface area contributed by atoms with Crippen molar-refractivity contribution in [1.29, 1.82) is 0 Å². The minimum absolute atomic E-state index is 0.217. The Morgan fingerprint density at radius 2 is 1.84 bits per heavy atom. The van der Waals surface area contributed by atoms with Crippen LogP contribution in [0.25, 0.3) is 10.8 Å². The molecule has 2 heteroatoms. The Morgan fingerprint density at radius 3 is 2.68 bits per heavy atom. The van der Waals surface area contributed by atoms with Crippen molar-refractivity contribution in [1.82, 2.24) is 5.32 Å². The summed E-state index contributed by atoms with van der Waals surface area (Å²) in [5.41, 5.74) is 1.32. The average molecular weight is 251 g/mol. The fourth-order valence-electron chi connectivity index (χ4n) is 2.35.